The zero-order valence-corrected chi connectivity index (χ0v) is 11.6. The van der Waals surface area contributed by atoms with Gasteiger partial charge in [0.05, 0.1) is 12.1 Å². The highest BCUT2D eigenvalue weighted by Gasteiger charge is 2.41. The van der Waals surface area contributed by atoms with E-state index in [-0.39, 0.29) is 5.75 Å². The Bertz CT molecular complexity index is 507. The van der Waals surface area contributed by atoms with E-state index in [1.165, 1.54) is 0 Å². The molecule has 20 heavy (non-hydrogen) atoms. The maximum Gasteiger partial charge on any atom is 0.387 e. The Morgan fingerprint density at radius 3 is 2.80 bits per heavy atom. The molecule has 110 valence electrons. The predicted molar refractivity (Wildman–Crippen MR) is 73.9 cm³/mol. The summed E-state index contributed by atoms with van der Waals surface area (Å²) in [4.78, 5) is 6.21. The van der Waals surface area contributed by atoms with Crippen molar-refractivity contribution in [3.05, 3.63) is 29.8 Å². The zero-order valence-electron chi connectivity index (χ0n) is 11.6. The predicted octanol–water partition coefficient (Wildman–Crippen LogP) is 2.54. The molecule has 0 spiro atoms. The normalized spacial score (nSPS) is 22.2. The molecule has 0 radical (unpaired) electrons. The molecule has 2 N–H and O–H groups in total. The Kier molecular flexibility index (Phi) is 4.11. The molecule has 0 aromatic heterocycles. The lowest BCUT2D eigenvalue weighted by molar-refractivity contribution is -0.0515. The largest absolute Gasteiger partial charge is 0.434 e. The molecule has 1 atom stereocenters. The van der Waals surface area contributed by atoms with Crippen molar-refractivity contribution in [3.63, 3.8) is 0 Å². The van der Waals surface area contributed by atoms with Crippen molar-refractivity contribution in [2.75, 3.05) is 13.1 Å². The van der Waals surface area contributed by atoms with Crippen LogP contribution >= 0.6 is 0 Å². The van der Waals surface area contributed by atoms with Gasteiger partial charge in [-0.1, -0.05) is 25.1 Å². The van der Waals surface area contributed by atoms with Gasteiger partial charge < -0.3 is 15.4 Å². The summed E-state index contributed by atoms with van der Waals surface area (Å²) in [7, 11) is 0. The van der Waals surface area contributed by atoms with Gasteiger partial charge in [-0.25, -0.2) is 0 Å². The number of hydrogen-bond acceptors (Lipinski definition) is 4. The molecule has 4 nitrogen and oxygen atoms in total. The van der Waals surface area contributed by atoms with Crippen LogP contribution in [0, 0.1) is 0 Å². The minimum atomic E-state index is -2.85. The van der Waals surface area contributed by atoms with Crippen LogP contribution in [-0.4, -0.2) is 30.6 Å². The van der Waals surface area contributed by atoms with Gasteiger partial charge in [0.2, 0.25) is 0 Å². The van der Waals surface area contributed by atoms with Crippen LogP contribution in [0.3, 0.4) is 0 Å². The second-order valence-electron chi connectivity index (χ2n) is 4.97. The Morgan fingerprint density at radius 1 is 1.45 bits per heavy atom. The number of halogens is 2. The number of rotatable bonds is 5. The van der Waals surface area contributed by atoms with E-state index in [4.69, 9.17) is 5.73 Å². The number of nitrogens with zero attached hydrogens (tertiary/aromatic N) is 2. The highest BCUT2D eigenvalue weighted by atomic mass is 19.3. The number of para-hydroxylation sites is 1. The van der Waals surface area contributed by atoms with Crippen molar-refractivity contribution in [2.45, 2.75) is 32.4 Å². The molecule has 1 aliphatic heterocycles. The van der Waals surface area contributed by atoms with Gasteiger partial charge in [0.25, 0.3) is 0 Å². The maximum absolute atomic E-state index is 12.5. The summed E-state index contributed by atoms with van der Waals surface area (Å²) >= 11 is 0. The molecule has 1 aromatic rings. The molecule has 0 saturated heterocycles. The lowest BCUT2D eigenvalue weighted by Gasteiger charge is -2.37. The summed E-state index contributed by atoms with van der Waals surface area (Å²) in [6, 6.07) is 6.81. The van der Waals surface area contributed by atoms with Crippen molar-refractivity contribution in [1.82, 2.24) is 4.90 Å². The Hall–Kier alpha value is -1.85. The van der Waals surface area contributed by atoms with Crippen LogP contribution in [0.5, 0.6) is 5.75 Å². The van der Waals surface area contributed by atoms with E-state index in [9.17, 15) is 8.78 Å². The van der Waals surface area contributed by atoms with Crippen LogP contribution < -0.4 is 10.5 Å². The van der Waals surface area contributed by atoms with Crippen LogP contribution in [0.15, 0.2) is 29.3 Å². The van der Waals surface area contributed by atoms with Crippen LogP contribution in [-0.2, 0) is 5.54 Å². The van der Waals surface area contributed by atoms with Crippen LogP contribution in [0.1, 0.15) is 25.8 Å². The van der Waals surface area contributed by atoms with Gasteiger partial charge in [-0.15, -0.1) is 0 Å². The fourth-order valence-electron chi connectivity index (χ4n) is 2.58. The lowest BCUT2D eigenvalue weighted by Crippen LogP contribution is -2.47. The first-order valence-electron chi connectivity index (χ1n) is 6.61. The molecule has 2 rings (SSSR count). The molecular weight excluding hydrogens is 264 g/mol. The van der Waals surface area contributed by atoms with Gasteiger partial charge in [-0.05, 0) is 19.4 Å². The van der Waals surface area contributed by atoms with Crippen molar-refractivity contribution in [3.8, 4) is 5.75 Å². The smallest absolute Gasteiger partial charge is 0.387 e. The highest BCUT2D eigenvalue weighted by molar-refractivity contribution is 5.81. The summed E-state index contributed by atoms with van der Waals surface area (Å²) in [5.74, 6) is 0.622. The Labute approximate surface area is 117 Å². The van der Waals surface area contributed by atoms with Crippen molar-refractivity contribution in [1.29, 1.82) is 0 Å². The monoisotopic (exact) mass is 283 g/mol. The highest BCUT2D eigenvalue weighted by Crippen LogP contribution is 2.38. The number of benzene rings is 1. The van der Waals surface area contributed by atoms with Crippen molar-refractivity contribution in [2.24, 2.45) is 10.7 Å². The van der Waals surface area contributed by atoms with E-state index in [2.05, 4.69) is 9.73 Å². The summed E-state index contributed by atoms with van der Waals surface area (Å²) in [6.07, 6.45) is 0.893. The van der Waals surface area contributed by atoms with Gasteiger partial charge in [-0.2, -0.15) is 8.78 Å². The van der Waals surface area contributed by atoms with Crippen LogP contribution in [0.2, 0.25) is 0 Å². The van der Waals surface area contributed by atoms with Crippen molar-refractivity contribution >= 4 is 5.96 Å². The van der Waals surface area contributed by atoms with Gasteiger partial charge in [0.15, 0.2) is 5.96 Å². The number of hydrogen-bond donors (Lipinski definition) is 1. The first-order valence-corrected chi connectivity index (χ1v) is 6.61. The lowest BCUT2D eigenvalue weighted by atomic mass is 9.90. The second-order valence-corrected chi connectivity index (χ2v) is 4.97. The average molecular weight is 283 g/mol. The number of guanidine groups is 1. The van der Waals surface area contributed by atoms with E-state index in [1.54, 1.807) is 24.3 Å². The third-order valence-corrected chi connectivity index (χ3v) is 3.55. The van der Waals surface area contributed by atoms with E-state index >= 15 is 0 Å². The standard InChI is InChI=1S/C14H19F2N3O/c1-3-8-19-13(17)18-9-14(19,2)10-6-4-5-7-11(10)20-12(15)16/h4-7,12H,3,8-9H2,1-2H3,(H2,17,18). The summed E-state index contributed by atoms with van der Waals surface area (Å²) in [5.41, 5.74) is 6.04. The Morgan fingerprint density at radius 2 is 2.15 bits per heavy atom. The molecule has 1 aliphatic rings. The number of alkyl halides is 2. The summed E-state index contributed by atoms with van der Waals surface area (Å²) < 4.78 is 29.7. The topological polar surface area (TPSA) is 50.8 Å². The zero-order chi connectivity index (χ0) is 14.8. The molecule has 0 bridgehead atoms. The first-order chi connectivity index (χ1) is 9.49. The fraction of sp³-hybridized carbons (Fsp3) is 0.500. The average Bonchev–Trinajstić information content (AvgIpc) is 2.68. The fourth-order valence-corrected chi connectivity index (χ4v) is 2.58. The number of ether oxygens (including phenoxy) is 1. The van der Waals surface area contributed by atoms with E-state index in [0.29, 0.717) is 18.1 Å². The number of nitrogens with two attached hydrogens (primary N) is 1. The van der Waals surface area contributed by atoms with Crippen LogP contribution in [0.4, 0.5) is 8.78 Å². The van der Waals surface area contributed by atoms with Gasteiger partial charge in [0, 0.05) is 12.1 Å². The molecule has 1 heterocycles. The van der Waals surface area contributed by atoms with E-state index in [0.717, 1.165) is 13.0 Å². The molecule has 6 heteroatoms. The van der Waals surface area contributed by atoms with Crippen LogP contribution in [0.25, 0.3) is 0 Å². The molecule has 0 amide bonds. The third-order valence-electron chi connectivity index (χ3n) is 3.55. The summed E-state index contributed by atoms with van der Waals surface area (Å²) in [5, 5.41) is 0. The Balaban J connectivity index is 2.39. The first kappa shape index (κ1) is 14.6. The van der Waals surface area contributed by atoms with Gasteiger partial charge in [-0.3, -0.25) is 4.99 Å². The number of aliphatic imine (C=N–C) groups is 1. The molecule has 0 saturated carbocycles. The van der Waals surface area contributed by atoms with Gasteiger partial charge >= 0.3 is 6.61 Å². The molecule has 0 aliphatic carbocycles. The molecule has 1 unspecified atom stereocenters. The van der Waals surface area contributed by atoms with E-state index < -0.39 is 12.2 Å². The minimum absolute atomic E-state index is 0.177. The maximum atomic E-state index is 12.5. The van der Waals surface area contributed by atoms with Crippen molar-refractivity contribution < 1.29 is 13.5 Å². The van der Waals surface area contributed by atoms with E-state index in [1.807, 2.05) is 18.7 Å². The molecule has 1 aromatic carbocycles. The summed E-state index contributed by atoms with van der Waals surface area (Å²) in [6.45, 7) is 2.28. The van der Waals surface area contributed by atoms with Gasteiger partial charge in [0.1, 0.15) is 5.75 Å². The third kappa shape index (κ3) is 2.55. The molecular formula is C14H19F2N3O. The second kappa shape index (κ2) is 5.64. The quantitative estimate of drug-likeness (QED) is 0.903. The minimum Gasteiger partial charge on any atom is -0.434 e. The molecule has 0 fully saturated rings. The SMILES string of the molecule is CCCN1C(N)=NCC1(C)c1ccccc1OC(F)F.